The van der Waals surface area contributed by atoms with Gasteiger partial charge in [0.05, 0.1) is 11.8 Å². The second kappa shape index (κ2) is 7.81. The number of hydrogen-bond donors (Lipinski definition) is 2. The number of H-pyrrole nitrogens is 1. The molecule has 25 heavy (non-hydrogen) atoms. The van der Waals surface area contributed by atoms with Crippen LogP contribution in [0.2, 0.25) is 0 Å². The zero-order chi connectivity index (χ0) is 17.8. The molecule has 0 radical (unpaired) electrons. The van der Waals surface area contributed by atoms with Gasteiger partial charge in [0.1, 0.15) is 5.82 Å². The number of thioether (sulfide) groups is 1. The lowest BCUT2D eigenvalue weighted by molar-refractivity contribution is -0.120. The molecule has 134 valence electrons. The van der Waals surface area contributed by atoms with E-state index in [1.54, 1.807) is 13.8 Å². The van der Waals surface area contributed by atoms with Crippen molar-refractivity contribution in [2.75, 3.05) is 0 Å². The molecular weight excluding hydrogens is 340 g/mol. The van der Waals surface area contributed by atoms with E-state index >= 15 is 0 Å². The van der Waals surface area contributed by atoms with Crippen LogP contribution in [0.3, 0.4) is 0 Å². The van der Waals surface area contributed by atoms with Gasteiger partial charge < -0.3 is 14.9 Å². The van der Waals surface area contributed by atoms with Gasteiger partial charge in [0.25, 0.3) is 5.56 Å². The predicted molar refractivity (Wildman–Crippen MR) is 94.3 cm³/mol. The highest BCUT2D eigenvalue weighted by Gasteiger charge is 2.18. The van der Waals surface area contributed by atoms with Crippen molar-refractivity contribution in [3.05, 3.63) is 33.8 Å². The fourth-order valence-corrected chi connectivity index (χ4v) is 3.70. The Morgan fingerprint density at radius 3 is 3.04 bits per heavy atom. The van der Waals surface area contributed by atoms with Gasteiger partial charge in [-0.3, -0.25) is 9.59 Å². The maximum atomic E-state index is 12.3. The maximum absolute atomic E-state index is 12.3. The SMILES string of the molecule is Cc1cc(=O)[nH]c(S[C@H](C)C(=O)NCc2nnc3n2CCCCC3)n1. The van der Waals surface area contributed by atoms with E-state index in [0.717, 1.165) is 37.5 Å². The third-order valence-corrected chi connectivity index (χ3v) is 5.10. The number of carbonyl (C=O) groups is 1. The number of carbonyl (C=O) groups excluding carboxylic acids is 1. The number of aryl methyl sites for hydroxylation is 2. The highest BCUT2D eigenvalue weighted by Crippen LogP contribution is 2.19. The van der Waals surface area contributed by atoms with Crippen molar-refractivity contribution in [1.82, 2.24) is 30.0 Å². The number of fused-ring (bicyclic) bond motifs is 1. The number of nitrogens with zero attached hydrogens (tertiary/aromatic N) is 4. The summed E-state index contributed by atoms with van der Waals surface area (Å²) in [5.41, 5.74) is 0.416. The fourth-order valence-electron chi connectivity index (χ4n) is 2.81. The number of aromatic nitrogens is 5. The Morgan fingerprint density at radius 2 is 2.24 bits per heavy atom. The number of nitrogens with one attached hydrogen (secondary N) is 2. The summed E-state index contributed by atoms with van der Waals surface area (Å²) < 4.78 is 2.12. The minimum absolute atomic E-state index is 0.125. The molecule has 0 fully saturated rings. The summed E-state index contributed by atoms with van der Waals surface area (Å²) in [6, 6.07) is 1.42. The zero-order valence-electron chi connectivity index (χ0n) is 14.4. The number of rotatable bonds is 5. The number of amides is 1. The van der Waals surface area contributed by atoms with Crippen LogP contribution in [0.5, 0.6) is 0 Å². The average molecular weight is 362 g/mol. The van der Waals surface area contributed by atoms with E-state index in [2.05, 4.69) is 30.0 Å². The molecule has 0 saturated heterocycles. The van der Waals surface area contributed by atoms with Gasteiger partial charge in [-0.25, -0.2) is 4.98 Å². The third kappa shape index (κ3) is 4.47. The van der Waals surface area contributed by atoms with Crippen molar-refractivity contribution in [3.8, 4) is 0 Å². The summed E-state index contributed by atoms with van der Waals surface area (Å²) in [6.07, 6.45) is 4.40. The first-order valence-electron chi connectivity index (χ1n) is 8.46. The topological polar surface area (TPSA) is 106 Å². The molecular formula is C16H22N6O2S. The van der Waals surface area contributed by atoms with E-state index in [1.165, 1.54) is 24.2 Å². The summed E-state index contributed by atoms with van der Waals surface area (Å²) in [5, 5.41) is 11.4. The highest BCUT2D eigenvalue weighted by atomic mass is 32.2. The summed E-state index contributed by atoms with van der Waals surface area (Å²) in [6.45, 7) is 4.80. The van der Waals surface area contributed by atoms with Crippen LogP contribution >= 0.6 is 11.8 Å². The van der Waals surface area contributed by atoms with Crippen LogP contribution in [0.1, 0.15) is 43.5 Å². The first-order valence-corrected chi connectivity index (χ1v) is 9.34. The number of aromatic amines is 1. The first kappa shape index (κ1) is 17.7. The average Bonchev–Trinajstić information content (AvgIpc) is 2.78. The lowest BCUT2D eigenvalue weighted by Gasteiger charge is -2.12. The molecule has 1 atom stereocenters. The molecule has 1 amide bonds. The minimum atomic E-state index is -0.378. The van der Waals surface area contributed by atoms with Gasteiger partial charge in [-0.1, -0.05) is 18.2 Å². The molecule has 3 heterocycles. The van der Waals surface area contributed by atoms with Crippen LogP contribution in [0.15, 0.2) is 16.0 Å². The Morgan fingerprint density at radius 1 is 1.40 bits per heavy atom. The Balaban J connectivity index is 1.59. The first-order chi connectivity index (χ1) is 12.0. The fraction of sp³-hybridized carbons (Fsp3) is 0.562. The third-order valence-electron chi connectivity index (χ3n) is 4.11. The smallest absolute Gasteiger partial charge is 0.251 e. The largest absolute Gasteiger partial charge is 0.348 e. The monoisotopic (exact) mass is 362 g/mol. The Kier molecular flexibility index (Phi) is 5.52. The quantitative estimate of drug-likeness (QED) is 0.611. The molecule has 0 saturated carbocycles. The minimum Gasteiger partial charge on any atom is -0.348 e. The molecule has 0 unspecified atom stereocenters. The van der Waals surface area contributed by atoms with Crippen LogP contribution in [-0.4, -0.2) is 35.9 Å². The summed E-state index contributed by atoms with van der Waals surface area (Å²) >= 11 is 1.23. The Hall–Kier alpha value is -2.16. The van der Waals surface area contributed by atoms with Crippen molar-refractivity contribution in [2.24, 2.45) is 0 Å². The van der Waals surface area contributed by atoms with Gasteiger partial charge in [-0.2, -0.15) is 0 Å². The molecule has 9 heteroatoms. The van der Waals surface area contributed by atoms with Crippen molar-refractivity contribution in [1.29, 1.82) is 0 Å². The predicted octanol–water partition coefficient (Wildman–Crippen LogP) is 1.19. The van der Waals surface area contributed by atoms with Crippen molar-refractivity contribution in [3.63, 3.8) is 0 Å². The second-order valence-electron chi connectivity index (χ2n) is 6.16. The summed E-state index contributed by atoms with van der Waals surface area (Å²) in [7, 11) is 0. The molecule has 0 aliphatic carbocycles. The Labute approximate surface area is 149 Å². The molecule has 3 rings (SSSR count). The highest BCUT2D eigenvalue weighted by molar-refractivity contribution is 8.00. The molecule has 2 N–H and O–H groups in total. The standard InChI is InChI=1S/C16H22N6O2S/c1-10-8-14(23)19-16(18-10)25-11(2)15(24)17-9-13-21-20-12-6-4-3-5-7-22(12)13/h8,11H,3-7,9H2,1-2H3,(H,17,24)(H,18,19,23)/t11-/m1/s1. The van der Waals surface area contributed by atoms with Gasteiger partial charge >= 0.3 is 0 Å². The lowest BCUT2D eigenvalue weighted by atomic mass is 10.2. The van der Waals surface area contributed by atoms with Gasteiger partial charge in [-0.15, -0.1) is 10.2 Å². The van der Waals surface area contributed by atoms with E-state index in [1.807, 2.05) is 0 Å². The van der Waals surface area contributed by atoms with Gasteiger partial charge in [0.2, 0.25) is 5.91 Å². The van der Waals surface area contributed by atoms with E-state index < -0.39 is 0 Å². The summed E-state index contributed by atoms with van der Waals surface area (Å²) in [5.74, 6) is 1.68. The maximum Gasteiger partial charge on any atom is 0.251 e. The normalized spacial score (nSPS) is 15.3. The van der Waals surface area contributed by atoms with Crippen LogP contribution in [0.4, 0.5) is 0 Å². The lowest BCUT2D eigenvalue weighted by Crippen LogP contribution is -2.31. The van der Waals surface area contributed by atoms with E-state index in [0.29, 0.717) is 17.4 Å². The van der Waals surface area contributed by atoms with Gasteiger partial charge in [0.15, 0.2) is 11.0 Å². The van der Waals surface area contributed by atoms with Crippen molar-refractivity contribution < 1.29 is 4.79 Å². The summed E-state index contributed by atoms with van der Waals surface area (Å²) in [4.78, 5) is 30.7. The van der Waals surface area contributed by atoms with E-state index in [4.69, 9.17) is 0 Å². The zero-order valence-corrected chi connectivity index (χ0v) is 15.2. The van der Waals surface area contributed by atoms with E-state index in [9.17, 15) is 9.59 Å². The molecule has 0 spiro atoms. The Bertz CT molecular complexity index is 815. The van der Waals surface area contributed by atoms with Crippen molar-refractivity contribution >= 4 is 17.7 Å². The molecule has 8 nitrogen and oxygen atoms in total. The molecule has 0 bridgehead atoms. The number of hydrogen-bond acceptors (Lipinski definition) is 6. The molecule has 1 aliphatic heterocycles. The van der Waals surface area contributed by atoms with Crippen molar-refractivity contribution in [2.45, 2.75) is 63.0 Å². The molecule has 1 aliphatic rings. The van der Waals surface area contributed by atoms with Crippen LogP contribution in [0.25, 0.3) is 0 Å². The van der Waals surface area contributed by atoms with Crippen LogP contribution < -0.4 is 10.9 Å². The van der Waals surface area contributed by atoms with Crippen LogP contribution in [-0.2, 0) is 24.3 Å². The van der Waals surface area contributed by atoms with Crippen LogP contribution in [0, 0.1) is 6.92 Å². The van der Waals surface area contributed by atoms with Gasteiger partial charge in [-0.05, 0) is 26.7 Å². The van der Waals surface area contributed by atoms with E-state index in [-0.39, 0.29) is 16.7 Å². The molecule has 2 aromatic rings. The second-order valence-corrected chi connectivity index (χ2v) is 7.49. The van der Waals surface area contributed by atoms with Gasteiger partial charge in [0, 0.05) is 24.7 Å². The molecule has 2 aromatic heterocycles. The molecule has 0 aromatic carbocycles.